The Hall–Kier alpha value is -0.920. The average Bonchev–Trinajstić information content (AvgIpc) is 2.75. The van der Waals surface area contributed by atoms with E-state index in [1.807, 2.05) is 6.07 Å². The van der Waals surface area contributed by atoms with Crippen LogP contribution in [0.1, 0.15) is 16.1 Å². The quantitative estimate of drug-likeness (QED) is 0.844. The summed E-state index contributed by atoms with van der Waals surface area (Å²) in [5, 5.41) is 4.44. The maximum atomic E-state index is 11.9. The summed E-state index contributed by atoms with van der Waals surface area (Å²) in [5.74, 6) is -0.199. The lowest BCUT2D eigenvalue weighted by Crippen LogP contribution is -2.23. The Kier molecular flexibility index (Phi) is 4.36. The molecule has 0 aliphatic rings. The Morgan fingerprint density at radius 1 is 1.39 bits per heavy atom. The first kappa shape index (κ1) is 13.5. The normalized spacial score (nSPS) is 10.3. The number of hydrogen-bond donors (Lipinski definition) is 2. The first-order valence-electron chi connectivity index (χ1n) is 4.96. The highest BCUT2D eigenvalue weighted by atomic mass is 79.9. The molecule has 1 aromatic carbocycles. The summed E-state index contributed by atoms with van der Waals surface area (Å²) in [7, 11) is 0. The summed E-state index contributed by atoms with van der Waals surface area (Å²) in [6, 6.07) is 5.37. The van der Waals surface area contributed by atoms with Gasteiger partial charge in [0.25, 0.3) is 5.91 Å². The van der Waals surface area contributed by atoms with Crippen LogP contribution in [0.15, 0.2) is 37.3 Å². The third-order valence-electron chi connectivity index (χ3n) is 2.18. The molecule has 0 saturated heterocycles. The zero-order valence-corrected chi connectivity index (χ0v) is 13.0. The lowest BCUT2D eigenvalue weighted by atomic mass is 10.2. The van der Waals surface area contributed by atoms with E-state index in [9.17, 15) is 9.59 Å². The van der Waals surface area contributed by atoms with Gasteiger partial charge in [0.15, 0.2) is 0 Å². The lowest BCUT2D eigenvalue weighted by molar-refractivity contribution is 0.0949. The van der Waals surface area contributed by atoms with Gasteiger partial charge in [0.05, 0.1) is 12.1 Å². The zero-order chi connectivity index (χ0) is 13.1. The molecule has 1 heterocycles. The molecule has 0 aliphatic carbocycles. The van der Waals surface area contributed by atoms with Gasteiger partial charge in [-0.2, -0.15) is 0 Å². The van der Waals surface area contributed by atoms with E-state index in [1.54, 1.807) is 17.5 Å². The highest BCUT2D eigenvalue weighted by Crippen LogP contribution is 2.21. The van der Waals surface area contributed by atoms with Gasteiger partial charge < -0.3 is 10.3 Å². The number of aromatic amines is 1. The van der Waals surface area contributed by atoms with E-state index in [2.05, 4.69) is 42.2 Å². The summed E-state index contributed by atoms with van der Waals surface area (Å²) < 4.78 is 1.56. The molecule has 0 atom stereocenters. The number of carbonyl (C=O) groups is 1. The highest BCUT2D eigenvalue weighted by Gasteiger charge is 2.10. The second-order valence-corrected chi connectivity index (χ2v) is 6.09. The predicted molar refractivity (Wildman–Crippen MR) is 78.0 cm³/mol. The fourth-order valence-electron chi connectivity index (χ4n) is 1.34. The minimum absolute atomic E-state index is 0.122. The zero-order valence-electron chi connectivity index (χ0n) is 9.00. The standard InChI is InChI=1S/C11H8Br2N2O2S/c12-6-1-2-9(13)8(3-6)10(16)14-4-7-5-18-11(17)15-7/h1-3,5H,4H2,(H,14,16)(H,15,17). The Morgan fingerprint density at radius 3 is 2.83 bits per heavy atom. The summed E-state index contributed by atoms with van der Waals surface area (Å²) in [4.78, 5) is 25.4. The maximum Gasteiger partial charge on any atom is 0.304 e. The number of carbonyl (C=O) groups excluding carboxylic acids is 1. The lowest BCUT2D eigenvalue weighted by Gasteiger charge is -2.06. The van der Waals surface area contributed by atoms with Crippen LogP contribution in [0.5, 0.6) is 0 Å². The number of thiazole rings is 1. The SMILES string of the molecule is O=C(NCc1csc(=O)[nH]1)c1cc(Br)ccc1Br. The fraction of sp³-hybridized carbons (Fsp3) is 0.0909. The third-order valence-corrected chi connectivity index (χ3v) is 4.09. The van der Waals surface area contributed by atoms with E-state index in [0.717, 1.165) is 20.3 Å². The van der Waals surface area contributed by atoms with Crippen LogP contribution in [0.3, 0.4) is 0 Å². The average molecular weight is 392 g/mol. The first-order chi connectivity index (χ1) is 8.56. The van der Waals surface area contributed by atoms with E-state index in [0.29, 0.717) is 17.8 Å². The minimum Gasteiger partial charge on any atom is -0.346 e. The molecule has 1 aromatic heterocycles. The highest BCUT2D eigenvalue weighted by molar-refractivity contribution is 9.11. The molecule has 0 saturated carbocycles. The topological polar surface area (TPSA) is 62.0 Å². The number of halogens is 2. The molecule has 0 unspecified atom stereocenters. The van der Waals surface area contributed by atoms with Crippen molar-refractivity contribution < 1.29 is 4.79 Å². The Labute approximate surface area is 124 Å². The van der Waals surface area contributed by atoms with Crippen LogP contribution in [-0.4, -0.2) is 10.9 Å². The van der Waals surface area contributed by atoms with Gasteiger partial charge in [-0.3, -0.25) is 9.59 Å². The van der Waals surface area contributed by atoms with Gasteiger partial charge in [-0.05, 0) is 34.1 Å². The van der Waals surface area contributed by atoms with Crippen molar-refractivity contribution in [3.05, 3.63) is 53.4 Å². The molecular formula is C11H8Br2N2O2S. The van der Waals surface area contributed by atoms with Crippen LogP contribution in [0.25, 0.3) is 0 Å². The van der Waals surface area contributed by atoms with Crippen molar-refractivity contribution in [3.8, 4) is 0 Å². The number of hydrogen-bond acceptors (Lipinski definition) is 3. The van der Waals surface area contributed by atoms with Crippen LogP contribution < -0.4 is 10.2 Å². The molecule has 0 radical (unpaired) electrons. The molecule has 1 amide bonds. The second-order valence-electron chi connectivity index (χ2n) is 3.48. The molecule has 0 bridgehead atoms. The van der Waals surface area contributed by atoms with Gasteiger partial charge in [0.1, 0.15) is 0 Å². The van der Waals surface area contributed by atoms with Gasteiger partial charge in [0, 0.05) is 20.0 Å². The molecule has 2 rings (SSSR count). The molecule has 2 N–H and O–H groups in total. The Bertz CT molecular complexity index is 636. The Balaban J connectivity index is 2.08. The molecule has 7 heteroatoms. The number of amides is 1. The van der Waals surface area contributed by atoms with E-state index in [1.165, 1.54) is 0 Å². The van der Waals surface area contributed by atoms with Crippen LogP contribution in [0, 0.1) is 0 Å². The van der Waals surface area contributed by atoms with Gasteiger partial charge >= 0.3 is 4.87 Å². The first-order valence-corrected chi connectivity index (χ1v) is 7.43. The summed E-state index contributed by atoms with van der Waals surface area (Å²) in [6.07, 6.45) is 0. The summed E-state index contributed by atoms with van der Waals surface area (Å²) in [6.45, 7) is 0.302. The van der Waals surface area contributed by atoms with Crippen molar-refractivity contribution in [1.29, 1.82) is 0 Å². The van der Waals surface area contributed by atoms with E-state index in [-0.39, 0.29) is 10.8 Å². The van der Waals surface area contributed by atoms with E-state index in [4.69, 9.17) is 0 Å². The number of nitrogens with one attached hydrogen (secondary N) is 2. The third kappa shape index (κ3) is 3.30. The molecule has 0 aliphatic heterocycles. The van der Waals surface area contributed by atoms with E-state index >= 15 is 0 Å². The van der Waals surface area contributed by atoms with Crippen LogP contribution in [0.4, 0.5) is 0 Å². The summed E-state index contributed by atoms with van der Waals surface area (Å²) in [5.41, 5.74) is 1.24. The van der Waals surface area contributed by atoms with Gasteiger partial charge in [-0.15, -0.1) is 0 Å². The van der Waals surface area contributed by atoms with Crippen LogP contribution >= 0.6 is 43.2 Å². The number of aromatic nitrogens is 1. The molecular weight excluding hydrogens is 384 g/mol. The van der Waals surface area contributed by atoms with Crippen LogP contribution in [0.2, 0.25) is 0 Å². The fourth-order valence-corrected chi connectivity index (χ4v) is 2.71. The predicted octanol–water partition coefficient (Wildman–Crippen LogP) is 2.89. The second kappa shape index (κ2) is 5.81. The van der Waals surface area contributed by atoms with Crippen molar-refractivity contribution in [2.24, 2.45) is 0 Å². The number of benzene rings is 1. The van der Waals surface area contributed by atoms with Crippen molar-refractivity contribution >= 4 is 49.1 Å². The van der Waals surface area contributed by atoms with Gasteiger partial charge in [-0.25, -0.2) is 0 Å². The van der Waals surface area contributed by atoms with E-state index < -0.39 is 0 Å². The smallest absolute Gasteiger partial charge is 0.304 e. The largest absolute Gasteiger partial charge is 0.346 e. The van der Waals surface area contributed by atoms with Crippen molar-refractivity contribution in [1.82, 2.24) is 10.3 Å². The molecule has 4 nitrogen and oxygen atoms in total. The molecule has 0 spiro atoms. The van der Waals surface area contributed by atoms with Crippen LogP contribution in [-0.2, 0) is 6.54 Å². The number of rotatable bonds is 3. The van der Waals surface area contributed by atoms with Crippen molar-refractivity contribution in [2.45, 2.75) is 6.54 Å². The maximum absolute atomic E-state index is 11.9. The molecule has 2 aromatic rings. The monoisotopic (exact) mass is 390 g/mol. The van der Waals surface area contributed by atoms with Crippen molar-refractivity contribution in [3.63, 3.8) is 0 Å². The molecule has 0 fully saturated rings. The van der Waals surface area contributed by atoms with Crippen molar-refractivity contribution in [2.75, 3.05) is 0 Å². The molecule has 94 valence electrons. The van der Waals surface area contributed by atoms with Gasteiger partial charge in [-0.1, -0.05) is 27.3 Å². The minimum atomic E-state index is -0.199. The molecule has 18 heavy (non-hydrogen) atoms. The Morgan fingerprint density at radius 2 is 2.17 bits per heavy atom. The van der Waals surface area contributed by atoms with Gasteiger partial charge in [0.2, 0.25) is 0 Å². The number of H-pyrrole nitrogens is 1. The summed E-state index contributed by atoms with van der Waals surface area (Å²) >= 11 is 7.72.